The fraction of sp³-hybridized carbons (Fsp3) is 0.125. The van der Waals surface area contributed by atoms with Gasteiger partial charge in [0.25, 0.3) is 0 Å². The minimum absolute atomic E-state index is 0.0741. The lowest BCUT2D eigenvalue weighted by molar-refractivity contribution is -0.0502. The van der Waals surface area contributed by atoms with E-state index in [1.54, 1.807) is 0 Å². The number of hydrogen-bond donors (Lipinski definition) is 0. The van der Waals surface area contributed by atoms with Gasteiger partial charge in [-0.15, -0.1) is 6.42 Å². The van der Waals surface area contributed by atoms with Crippen molar-refractivity contribution >= 4 is 0 Å². The Morgan fingerprint density at radius 1 is 1.58 bits per heavy atom. The molecular formula is C8H5F2NO. The zero-order valence-electron chi connectivity index (χ0n) is 6.00. The molecule has 0 N–H and O–H groups in total. The monoisotopic (exact) mass is 169 g/mol. The number of halogens is 2. The van der Waals surface area contributed by atoms with Gasteiger partial charge in [0.05, 0.1) is 0 Å². The topological polar surface area (TPSA) is 22.1 Å². The number of pyridine rings is 1. The van der Waals surface area contributed by atoms with E-state index in [2.05, 4.69) is 15.6 Å². The van der Waals surface area contributed by atoms with Crippen molar-refractivity contribution in [3.63, 3.8) is 0 Å². The molecule has 1 aromatic rings. The Bertz CT molecular complexity index is 306. The molecular weight excluding hydrogens is 164 g/mol. The lowest BCUT2D eigenvalue weighted by Crippen LogP contribution is -2.03. The Kier molecular flexibility index (Phi) is 2.59. The number of hydrogen-bond acceptors (Lipinski definition) is 2. The van der Waals surface area contributed by atoms with E-state index in [0.29, 0.717) is 0 Å². The van der Waals surface area contributed by atoms with Crippen LogP contribution in [-0.4, -0.2) is 11.6 Å². The van der Waals surface area contributed by atoms with Gasteiger partial charge in [-0.2, -0.15) is 8.78 Å². The van der Waals surface area contributed by atoms with E-state index >= 15 is 0 Å². The summed E-state index contributed by atoms with van der Waals surface area (Å²) in [6.45, 7) is -2.87. The summed E-state index contributed by atoms with van der Waals surface area (Å²) in [5, 5.41) is 0. The third-order valence-electron chi connectivity index (χ3n) is 1.12. The maximum atomic E-state index is 11.7. The van der Waals surface area contributed by atoms with Crippen molar-refractivity contribution in [2.75, 3.05) is 0 Å². The van der Waals surface area contributed by atoms with Crippen LogP contribution < -0.4 is 4.74 Å². The highest BCUT2D eigenvalue weighted by Gasteiger charge is 2.07. The molecule has 0 amide bonds. The molecule has 1 heterocycles. The second kappa shape index (κ2) is 3.67. The van der Waals surface area contributed by atoms with Gasteiger partial charge in [-0.3, -0.25) is 0 Å². The average Bonchev–Trinajstić information content (AvgIpc) is 2.04. The van der Waals surface area contributed by atoms with Crippen molar-refractivity contribution in [1.29, 1.82) is 0 Å². The van der Waals surface area contributed by atoms with Crippen molar-refractivity contribution in [3.8, 4) is 18.1 Å². The molecule has 0 aliphatic carbocycles. The summed E-state index contributed by atoms with van der Waals surface area (Å²) in [6.07, 6.45) is 6.40. The number of alkyl halides is 2. The van der Waals surface area contributed by atoms with Crippen molar-refractivity contribution in [2.45, 2.75) is 6.61 Å². The van der Waals surface area contributed by atoms with Gasteiger partial charge < -0.3 is 4.74 Å². The maximum absolute atomic E-state index is 11.7. The Labute approximate surface area is 68.2 Å². The average molecular weight is 169 g/mol. The fourth-order valence-corrected chi connectivity index (χ4v) is 0.690. The van der Waals surface area contributed by atoms with Crippen LogP contribution in [0, 0.1) is 12.3 Å². The number of rotatable bonds is 2. The number of terminal acetylenes is 1. The van der Waals surface area contributed by atoms with E-state index in [4.69, 9.17) is 6.42 Å². The minimum atomic E-state index is -2.87. The van der Waals surface area contributed by atoms with E-state index in [9.17, 15) is 8.78 Å². The molecule has 0 atom stereocenters. The van der Waals surface area contributed by atoms with Crippen LogP contribution in [0.1, 0.15) is 5.69 Å². The SMILES string of the molecule is C#Cc1ncccc1OC(F)F. The van der Waals surface area contributed by atoms with Gasteiger partial charge in [0.15, 0.2) is 11.4 Å². The van der Waals surface area contributed by atoms with E-state index in [1.165, 1.54) is 18.3 Å². The molecule has 0 bridgehead atoms. The lowest BCUT2D eigenvalue weighted by atomic mass is 10.3. The van der Waals surface area contributed by atoms with Gasteiger partial charge in [0.2, 0.25) is 0 Å². The highest BCUT2D eigenvalue weighted by molar-refractivity contribution is 5.38. The molecule has 1 rings (SSSR count). The summed E-state index contributed by atoms with van der Waals surface area (Å²) >= 11 is 0. The Morgan fingerprint density at radius 2 is 2.33 bits per heavy atom. The zero-order chi connectivity index (χ0) is 8.97. The molecule has 2 nitrogen and oxygen atoms in total. The standard InChI is InChI=1S/C8H5F2NO/c1-2-6-7(12-8(9)10)4-3-5-11-6/h1,3-5,8H. The van der Waals surface area contributed by atoms with Crippen molar-refractivity contribution in [1.82, 2.24) is 4.98 Å². The number of nitrogens with zero attached hydrogens (tertiary/aromatic N) is 1. The molecule has 4 heteroatoms. The molecule has 0 fully saturated rings. The van der Waals surface area contributed by atoms with Crippen LogP contribution >= 0.6 is 0 Å². The highest BCUT2D eigenvalue weighted by Crippen LogP contribution is 2.16. The quantitative estimate of drug-likeness (QED) is 0.628. The molecule has 0 saturated carbocycles. The Hall–Kier alpha value is -1.63. The first-order valence-electron chi connectivity index (χ1n) is 3.10. The van der Waals surface area contributed by atoms with Crippen LogP contribution in [0.15, 0.2) is 18.3 Å². The summed E-state index contributed by atoms with van der Waals surface area (Å²) in [5.74, 6) is 2.06. The van der Waals surface area contributed by atoms with E-state index < -0.39 is 6.61 Å². The molecule has 0 aliphatic heterocycles. The van der Waals surface area contributed by atoms with Crippen LogP contribution in [0.2, 0.25) is 0 Å². The first-order chi connectivity index (χ1) is 5.74. The third kappa shape index (κ3) is 1.92. The van der Waals surface area contributed by atoms with Crippen molar-refractivity contribution in [3.05, 3.63) is 24.0 Å². The number of ether oxygens (including phenoxy) is 1. The van der Waals surface area contributed by atoms with Gasteiger partial charge in [-0.05, 0) is 18.1 Å². The molecule has 1 aromatic heterocycles. The first-order valence-corrected chi connectivity index (χ1v) is 3.10. The second-order valence-electron chi connectivity index (χ2n) is 1.87. The molecule has 0 unspecified atom stereocenters. The zero-order valence-corrected chi connectivity index (χ0v) is 6.00. The Balaban J connectivity index is 2.91. The molecule has 0 spiro atoms. The van der Waals surface area contributed by atoms with Crippen LogP contribution in [0.25, 0.3) is 0 Å². The minimum Gasteiger partial charge on any atom is -0.432 e. The van der Waals surface area contributed by atoms with Crippen molar-refractivity contribution in [2.24, 2.45) is 0 Å². The summed E-state index contributed by atoms with van der Waals surface area (Å²) in [6, 6.07) is 2.81. The van der Waals surface area contributed by atoms with Crippen LogP contribution in [0.4, 0.5) is 8.78 Å². The second-order valence-corrected chi connectivity index (χ2v) is 1.87. The van der Waals surface area contributed by atoms with Gasteiger partial charge >= 0.3 is 6.61 Å². The van der Waals surface area contributed by atoms with Crippen LogP contribution in [-0.2, 0) is 0 Å². The van der Waals surface area contributed by atoms with Crippen LogP contribution in [0.5, 0.6) is 5.75 Å². The van der Waals surface area contributed by atoms with Gasteiger partial charge in [0.1, 0.15) is 0 Å². The molecule has 0 saturated heterocycles. The summed E-state index contributed by atoms with van der Waals surface area (Å²) < 4.78 is 27.5. The predicted octanol–water partition coefficient (Wildman–Crippen LogP) is 1.66. The van der Waals surface area contributed by atoms with Gasteiger partial charge in [-0.25, -0.2) is 4.98 Å². The largest absolute Gasteiger partial charge is 0.432 e. The van der Waals surface area contributed by atoms with E-state index in [1.807, 2.05) is 0 Å². The van der Waals surface area contributed by atoms with E-state index in [0.717, 1.165) is 0 Å². The fourth-order valence-electron chi connectivity index (χ4n) is 0.690. The first kappa shape index (κ1) is 8.47. The Morgan fingerprint density at radius 3 is 2.92 bits per heavy atom. The molecule has 0 radical (unpaired) electrons. The number of aromatic nitrogens is 1. The van der Waals surface area contributed by atoms with Crippen LogP contribution in [0.3, 0.4) is 0 Å². The smallest absolute Gasteiger partial charge is 0.387 e. The van der Waals surface area contributed by atoms with E-state index in [-0.39, 0.29) is 11.4 Å². The highest BCUT2D eigenvalue weighted by atomic mass is 19.3. The maximum Gasteiger partial charge on any atom is 0.387 e. The lowest BCUT2D eigenvalue weighted by Gasteiger charge is -2.04. The van der Waals surface area contributed by atoms with Crippen molar-refractivity contribution < 1.29 is 13.5 Å². The predicted molar refractivity (Wildman–Crippen MR) is 38.8 cm³/mol. The van der Waals surface area contributed by atoms with Gasteiger partial charge in [0, 0.05) is 6.20 Å². The normalized spacial score (nSPS) is 9.50. The van der Waals surface area contributed by atoms with Gasteiger partial charge in [-0.1, -0.05) is 0 Å². The molecule has 12 heavy (non-hydrogen) atoms. The summed E-state index contributed by atoms with van der Waals surface area (Å²) in [4.78, 5) is 3.66. The summed E-state index contributed by atoms with van der Waals surface area (Å²) in [7, 11) is 0. The molecule has 0 aromatic carbocycles. The third-order valence-corrected chi connectivity index (χ3v) is 1.12. The molecule has 0 aliphatic rings. The molecule has 62 valence electrons. The summed E-state index contributed by atoms with van der Waals surface area (Å²) in [5.41, 5.74) is 0.0813.